The molecule has 1 N–H and O–H groups in total. The molecule has 0 bridgehead atoms. The predicted octanol–water partition coefficient (Wildman–Crippen LogP) is 3.05. The summed E-state index contributed by atoms with van der Waals surface area (Å²) < 4.78 is 0. The summed E-state index contributed by atoms with van der Waals surface area (Å²) in [6.45, 7) is -0.0923. The van der Waals surface area contributed by atoms with E-state index in [1.807, 2.05) is 35.7 Å². The smallest absolute Gasteiger partial charge is 0.253 e. The second kappa shape index (κ2) is 9.25. The predicted molar refractivity (Wildman–Crippen MR) is 113 cm³/mol. The van der Waals surface area contributed by atoms with Crippen LogP contribution in [0.2, 0.25) is 0 Å². The Kier molecular flexibility index (Phi) is 6.51. The van der Waals surface area contributed by atoms with Gasteiger partial charge in [-0.1, -0.05) is 36.4 Å². The largest absolute Gasteiger partial charge is 0.345 e. The Morgan fingerprint density at radius 3 is 2.45 bits per heavy atom. The topological polar surface area (TPSA) is 79.4 Å². The SMILES string of the molecule is CN(C)C(=O)c1cccc(C(=O)NCC(=O)Cc2nc(-c3ccccc3)cs2)c1. The van der Waals surface area contributed by atoms with E-state index in [9.17, 15) is 14.4 Å². The molecule has 0 radical (unpaired) electrons. The molecule has 2 amide bonds. The lowest BCUT2D eigenvalue weighted by Gasteiger charge is -2.11. The molecule has 7 heteroatoms. The fourth-order valence-electron chi connectivity index (χ4n) is 2.70. The van der Waals surface area contributed by atoms with E-state index in [0.717, 1.165) is 11.3 Å². The van der Waals surface area contributed by atoms with Crippen molar-refractivity contribution >= 4 is 28.9 Å². The Balaban J connectivity index is 1.56. The minimum atomic E-state index is -0.393. The second-order valence-corrected chi connectivity index (χ2v) is 7.61. The van der Waals surface area contributed by atoms with Crippen molar-refractivity contribution in [1.29, 1.82) is 0 Å². The average Bonchev–Trinajstić information content (AvgIpc) is 3.20. The lowest BCUT2D eigenvalue weighted by Crippen LogP contribution is -2.30. The van der Waals surface area contributed by atoms with Crippen molar-refractivity contribution in [2.24, 2.45) is 0 Å². The Morgan fingerprint density at radius 1 is 1.00 bits per heavy atom. The third-order valence-electron chi connectivity index (χ3n) is 4.19. The molecule has 1 aromatic heterocycles. The first-order valence-corrected chi connectivity index (χ1v) is 9.93. The number of carbonyl (C=O) groups excluding carboxylic acids is 3. The van der Waals surface area contributed by atoms with Crippen molar-refractivity contribution in [2.75, 3.05) is 20.6 Å². The highest BCUT2D eigenvalue weighted by Gasteiger charge is 2.14. The molecule has 3 rings (SSSR count). The first-order valence-electron chi connectivity index (χ1n) is 9.05. The van der Waals surface area contributed by atoms with Gasteiger partial charge in [-0.05, 0) is 18.2 Å². The maximum Gasteiger partial charge on any atom is 0.253 e. The van der Waals surface area contributed by atoms with Crippen LogP contribution in [0, 0.1) is 0 Å². The van der Waals surface area contributed by atoms with Gasteiger partial charge in [-0.2, -0.15) is 0 Å². The molecule has 0 spiro atoms. The molecule has 2 aromatic carbocycles. The number of hydrogen-bond donors (Lipinski definition) is 1. The number of Topliss-reactive ketones (excluding diaryl/α,β-unsaturated/α-hetero) is 1. The highest BCUT2D eigenvalue weighted by Crippen LogP contribution is 2.21. The molecule has 3 aromatic rings. The molecule has 0 aliphatic heterocycles. The number of benzene rings is 2. The minimum Gasteiger partial charge on any atom is -0.345 e. The van der Waals surface area contributed by atoms with Gasteiger partial charge in [0.15, 0.2) is 5.78 Å². The number of nitrogens with zero attached hydrogens (tertiary/aromatic N) is 2. The van der Waals surface area contributed by atoms with Crippen LogP contribution in [0.15, 0.2) is 60.0 Å². The van der Waals surface area contributed by atoms with Gasteiger partial charge < -0.3 is 10.2 Å². The number of nitrogens with one attached hydrogen (secondary N) is 1. The number of aromatic nitrogens is 1. The van der Waals surface area contributed by atoms with Gasteiger partial charge in [0.05, 0.1) is 18.7 Å². The van der Waals surface area contributed by atoms with E-state index < -0.39 is 5.91 Å². The van der Waals surface area contributed by atoms with Crippen LogP contribution in [0.5, 0.6) is 0 Å². The fraction of sp³-hybridized carbons (Fsp3) is 0.182. The van der Waals surface area contributed by atoms with Gasteiger partial charge in [0, 0.05) is 36.2 Å². The van der Waals surface area contributed by atoms with Crippen LogP contribution in [0.25, 0.3) is 11.3 Å². The summed E-state index contributed by atoms with van der Waals surface area (Å²) in [5, 5.41) is 5.25. The zero-order valence-corrected chi connectivity index (χ0v) is 17.0. The van der Waals surface area contributed by atoms with Gasteiger partial charge >= 0.3 is 0 Å². The maximum atomic E-state index is 12.3. The summed E-state index contributed by atoms with van der Waals surface area (Å²) in [7, 11) is 3.30. The molecule has 0 fully saturated rings. The second-order valence-electron chi connectivity index (χ2n) is 6.67. The van der Waals surface area contributed by atoms with Gasteiger partial charge in [0.2, 0.25) is 0 Å². The number of carbonyl (C=O) groups is 3. The van der Waals surface area contributed by atoms with Crippen LogP contribution in [-0.2, 0) is 11.2 Å². The summed E-state index contributed by atoms with van der Waals surface area (Å²) in [5.41, 5.74) is 2.60. The van der Waals surface area contributed by atoms with Crippen LogP contribution < -0.4 is 5.32 Å². The van der Waals surface area contributed by atoms with E-state index in [1.165, 1.54) is 22.3 Å². The Labute approximate surface area is 173 Å². The van der Waals surface area contributed by atoms with Crippen LogP contribution >= 0.6 is 11.3 Å². The molecule has 148 valence electrons. The molecular formula is C22H21N3O3S. The van der Waals surface area contributed by atoms with Crippen LogP contribution in [0.4, 0.5) is 0 Å². The first-order chi connectivity index (χ1) is 13.9. The maximum absolute atomic E-state index is 12.3. The van der Waals surface area contributed by atoms with Gasteiger partial charge in [-0.15, -0.1) is 11.3 Å². The first kappa shape index (κ1) is 20.4. The highest BCUT2D eigenvalue weighted by atomic mass is 32.1. The van der Waals surface area contributed by atoms with E-state index in [0.29, 0.717) is 16.1 Å². The van der Waals surface area contributed by atoms with Crippen molar-refractivity contribution < 1.29 is 14.4 Å². The normalized spacial score (nSPS) is 10.4. The lowest BCUT2D eigenvalue weighted by atomic mass is 10.1. The number of hydrogen-bond acceptors (Lipinski definition) is 5. The van der Waals surface area contributed by atoms with Gasteiger partial charge in [0.25, 0.3) is 11.8 Å². The zero-order chi connectivity index (χ0) is 20.8. The number of thiazole rings is 1. The summed E-state index contributed by atoms with van der Waals surface area (Å²) in [5.74, 6) is -0.711. The van der Waals surface area contributed by atoms with Gasteiger partial charge in [-0.3, -0.25) is 14.4 Å². The Morgan fingerprint density at radius 2 is 1.72 bits per heavy atom. The van der Waals surface area contributed by atoms with Crippen LogP contribution in [0.1, 0.15) is 25.7 Å². The third-order valence-corrected chi connectivity index (χ3v) is 5.04. The van der Waals surface area contributed by atoms with Crippen LogP contribution in [0.3, 0.4) is 0 Å². The standard InChI is InChI=1S/C22H21N3O3S/c1-25(2)22(28)17-10-6-9-16(11-17)21(27)23-13-18(26)12-20-24-19(14-29-20)15-7-4-3-5-8-15/h3-11,14H,12-13H2,1-2H3,(H,23,27). The average molecular weight is 407 g/mol. The molecule has 0 aliphatic rings. The van der Waals surface area contributed by atoms with E-state index >= 15 is 0 Å². The van der Waals surface area contributed by atoms with E-state index in [-0.39, 0.29) is 24.7 Å². The third kappa shape index (κ3) is 5.36. The van der Waals surface area contributed by atoms with E-state index in [2.05, 4.69) is 10.3 Å². The summed E-state index contributed by atoms with van der Waals surface area (Å²) in [6, 6.07) is 16.2. The lowest BCUT2D eigenvalue weighted by molar-refractivity contribution is -0.117. The van der Waals surface area contributed by atoms with Gasteiger partial charge in [0.1, 0.15) is 5.01 Å². The fourth-order valence-corrected chi connectivity index (χ4v) is 3.53. The molecule has 6 nitrogen and oxygen atoms in total. The molecule has 0 atom stereocenters. The molecule has 0 unspecified atom stereocenters. The Hall–Kier alpha value is -3.32. The zero-order valence-electron chi connectivity index (χ0n) is 16.2. The van der Waals surface area contributed by atoms with E-state index in [4.69, 9.17) is 0 Å². The van der Waals surface area contributed by atoms with Crippen molar-refractivity contribution in [2.45, 2.75) is 6.42 Å². The molecule has 0 aliphatic carbocycles. The monoisotopic (exact) mass is 407 g/mol. The molecule has 1 heterocycles. The molecule has 0 saturated heterocycles. The van der Waals surface area contributed by atoms with Crippen molar-refractivity contribution in [3.63, 3.8) is 0 Å². The Bertz CT molecular complexity index is 1030. The summed E-state index contributed by atoms with van der Waals surface area (Å²) in [6.07, 6.45) is 0.164. The van der Waals surface area contributed by atoms with Crippen molar-refractivity contribution in [3.8, 4) is 11.3 Å². The van der Waals surface area contributed by atoms with E-state index in [1.54, 1.807) is 32.3 Å². The number of ketones is 1. The van der Waals surface area contributed by atoms with Crippen LogP contribution in [-0.4, -0.2) is 48.1 Å². The minimum absolute atomic E-state index is 0.0923. The van der Waals surface area contributed by atoms with Crippen molar-refractivity contribution in [3.05, 3.63) is 76.1 Å². The summed E-state index contributed by atoms with van der Waals surface area (Å²) >= 11 is 1.42. The highest BCUT2D eigenvalue weighted by molar-refractivity contribution is 7.10. The van der Waals surface area contributed by atoms with Gasteiger partial charge in [-0.25, -0.2) is 4.98 Å². The number of amides is 2. The quantitative estimate of drug-likeness (QED) is 0.653. The summed E-state index contributed by atoms with van der Waals surface area (Å²) in [4.78, 5) is 42.5. The number of rotatable bonds is 7. The molecular weight excluding hydrogens is 386 g/mol. The molecule has 0 saturated carbocycles. The molecule has 29 heavy (non-hydrogen) atoms. The van der Waals surface area contributed by atoms with Crippen molar-refractivity contribution in [1.82, 2.24) is 15.2 Å².